The third kappa shape index (κ3) is 4.08. The van der Waals surface area contributed by atoms with Gasteiger partial charge in [0, 0.05) is 4.47 Å². The normalized spacial score (nSPS) is 13.2. The van der Waals surface area contributed by atoms with Crippen molar-refractivity contribution in [2.45, 2.75) is 39.4 Å². The Balaban J connectivity index is 2.09. The van der Waals surface area contributed by atoms with Crippen LogP contribution in [-0.2, 0) is 4.74 Å². The molecule has 3 aromatic rings. The first-order chi connectivity index (χ1) is 11.7. The Morgan fingerprint density at radius 3 is 2.68 bits per heavy atom. The Bertz CT molecular complexity index is 871. The summed E-state index contributed by atoms with van der Waals surface area (Å²) in [6, 6.07) is 5.56. The van der Waals surface area contributed by atoms with Crippen LogP contribution in [0.15, 0.2) is 29.0 Å². The number of halogens is 2. The lowest BCUT2D eigenvalue weighted by molar-refractivity contribution is -0.0574. The fraction of sp³-hybridized carbons (Fsp3) is 0.375. The zero-order chi connectivity index (χ0) is 18.2. The number of aromatic nitrogens is 6. The van der Waals surface area contributed by atoms with Gasteiger partial charge in [0.15, 0.2) is 11.6 Å². The molecule has 1 atom stereocenters. The van der Waals surface area contributed by atoms with Crippen molar-refractivity contribution in [3.05, 3.63) is 39.8 Å². The Morgan fingerprint density at radius 1 is 1.32 bits per heavy atom. The zero-order valence-corrected chi connectivity index (χ0v) is 16.6. The number of nitrogens with one attached hydrogen (secondary N) is 1. The van der Waals surface area contributed by atoms with Crippen LogP contribution < -0.4 is 0 Å². The standard InChI is InChI=1S/C16H18BrClN6O/c1-9(25-16(2,3)4)15-21-14(13-19-8-20-22-13)23-24(15)10-5-6-12(18)11(17)7-10/h5-9H,1-4H3,(H,19,20,22)/t9-/m0/s1. The summed E-state index contributed by atoms with van der Waals surface area (Å²) in [5, 5.41) is 11.8. The molecule has 0 amide bonds. The molecule has 7 nitrogen and oxygen atoms in total. The third-order valence-corrected chi connectivity index (χ3v) is 4.51. The highest BCUT2D eigenvalue weighted by Crippen LogP contribution is 2.29. The van der Waals surface area contributed by atoms with Gasteiger partial charge in [-0.05, 0) is 61.8 Å². The summed E-state index contributed by atoms with van der Waals surface area (Å²) >= 11 is 9.55. The van der Waals surface area contributed by atoms with Crippen LogP contribution in [-0.4, -0.2) is 35.5 Å². The monoisotopic (exact) mass is 424 g/mol. The van der Waals surface area contributed by atoms with E-state index in [9.17, 15) is 0 Å². The van der Waals surface area contributed by atoms with Crippen molar-refractivity contribution in [2.24, 2.45) is 0 Å². The zero-order valence-electron chi connectivity index (χ0n) is 14.3. The summed E-state index contributed by atoms with van der Waals surface area (Å²) in [7, 11) is 0. The summed E-state index contributed by atoms with van der Waals surface area (Å²) in [4.78, 5) is 8.73. The first-order valence-corrected chi connectivity index (χ1v) is 8.87. The maximum atomic E-state index is 6.10. The van der Waals surface area contributed by atoms with Crippen LogP contribution in [0.4, 0.5) is 0 Å². The van der Waals surface area contributed by atoms with Gasteiger partial charge in [-0.3, -0.25) is 5.10 Å². The highest BCUT2D eigenvalue weighted by molar-refractivity contribution is 9.10. The molecule has 2 heterocycles. The van der Waals surface area contributed by atoms with Gasteiger partial charge in [-0.2, -0.15) is 5.10 Å². The molecule has 0 radical (unpaired) electrons. The van der Waals surface area contributed by atoms with Crippen LogP contribution in [0.2, 0.25) is 5.02 Å². The summed E-state index contributed by atoms with van der Waals surface area (Å²) in [5.74, 6) is 1.61. The molecule has 0 fully saturated rings. The summed E-state index contributed by atoms with van der Waals surface area (Å²) in [6.07, 6.45) is 1.14. The summed E-state index contributed by atoms with van der Waals surface area (Å²) in [5.41, 5.74) is 0.498. The lowest BCUT2D eigenvalue weighted by Crippen LogP contribution is -2.23. The van der Waals surface area contributed by atoms with Crippen LogP contribution in [0, 0.1) is 0 Å². The molecule has 0 saturated heterocycles. The second-order valence-corrected chi connectivity index (χ2v) is 7.77. The maximum absolute atomic E-state index is 6.10. The predicted molar refractivity (Wildman–Crippen MR) is 98.7 cm³/mol. The van der Waals surface area contributed by atoms with E-state index in [4.69, 9.17) is 16.3 Å². The molecular weight excluding hydrogens is 408 g/mol. The highest BCUT2D eigenvalue weighted by Gasteiger charge is 2.24. The Morgan fingerprint density at radius 2 is 2.08 bits per heavy atom. The van der Waals surface area contributed by atoms with Crippen molar-refractivity contribution in [2.75, 3.05) is 0 Å². The molecule has 0 aliphatic carbocycles. The first-order valence-electron chi connectivity index (χ1n) is 7.70. The smallest absolute Gasteiger partial charge is 0.219 e. The van der Waals surface area contributed by atoms with Gasteiger partial charge in [0.25, 0.3) is 0 Å². The molecule has 0 spiro atoms. The van der Waals surface area contributed by atoms with Crippen LogP contribution in [0.5, 0.6) is 0 Å². The molecular formula is C16H18BrClN6O. The SMILES string of the molecule is C[C@H](OC(C)(C)C)c1nc(-c2ncn[nH]2)nn1-c1ccc(Cl)c(Br)c1. The molecule has 1 N–H and O–H groups in total. The van der Waals surface area contributed by atoms with Crippen LogP contribution >= 0.6 is 27.5 Å². The lowest BCUT2D eigenvalue weighted by atomic mass is 10.2. The van der Waals surface area contributed by atoms with E-state index < -0.39 is 0 Å². The van der Waals surface area contributed by atoms with E-state index >= 15 is 0 Å². The minimum absolute atomic E-state index is 0.279. The number of H-pyrrole nitrogens is 1. The number of aromatic amines is 1. The molecule has 0 saturated carbocycles. The van der Waals surface area contributed by atoms with Gasteiger partial charge in [0.05, 0.1) is 16.3 Å². The summed E-state index contributed by atoms with van der Waals surface area (Å²) in [6.45, 7) is 7.95. The molecule has 3 rings (SSSR count). The molecule has 132 valence electrons. The van der Waals surface area contributed by atoms with Gasteiger partial charge in [0.1, 0.15) is 12.4 Å². The predicted octanol–water partition coefficient (Wildman–Crippen LogP) is 4.34. The third-order valence-electron chi connectivity index (χ3n) is 3.30. The van der Waals surface area contributed by atoms with E-state index in [1.807, 2.05) is 39.8 Å². The molecule has 9 heteroatoms. The van der Waals surface area contributed by atoms with Gasteiger partial charge < -0.3 is 4.74 Å². The topological polar surface area (TPSA) is 81.5 Å². The fourth-order valence-corrected chi connectivity index (χ4v) is 2.87. The van der Waals surface area contributed by atoms with Crippen molar-refractivity contribution >= 4 is 27.5 Å². The maximum Gasteiger partial charge on any atom is 0.219 e. The quantitative estimate of drug-likeness (QED) is 0.672. The van der Waals surface area contributed by atoms with Crippen molar-refractivity contribution in [1.29, 1.82) is 0 Å². The molecule has 0 aliphatic heterocycles. The molecule has 2 aromatic heterocycles. The second kappa shape index (κ2) is 6.86. The minimum Gasteiger partial charge on any atom is -0.365 e. The van der Waals surface area contributed by atoms with E-state index in [0.29, 0.717) is 22.5 Å². The average molecular weight is 426 g/mol. The number of benzene rings is 1. The van der Waals surface area contributed by atoms with Gasteiger partial charge in [-0.1, -0.05) is 11.6 Å². The highest BCUT2D eigenvalue weighted by atomic mass is 79.9. The van der Waals surface area contributed by atoms with Crippen molar-refractivity contribution < 1.29 is 4.74 Å². The fourth-order valence-electron chi connectivity index (χ4n) is 2.39. The van der Waals surface area contributed by atoms with E-state index in [1.54, 1.807) is 10.7 Å². The molecule has 1 aromatic carbocycles. The van der Waals surface area contributed by atoms with E-state index in [-0.39, 0.29) is 11.7 Å². The number of hydrogen-bond donors (Lipinski definition) is 1. The molecule has 0 unspecified atom stereocenters. The second-order valence-electron chi connectivity index (χ2n) is 6.51. The number of hydrogen-bond acceptors (Lipinski definition) is 5. The minimum atomic E-state index is -0.316. The largest absolute Gasteiger partial charge is 0.365 e. The Hall–Kier alpha value is -1.77. The number of rotatable bonds is 4. The van der Waals surface area contributed by atoms with Gasteiger partial charge in [0.2, 0.25) is 5.82 Å². The lowest BCUT2D eigenvalue weighted by Gasteiger charge is -2.24. The van der Waals surface area contributed by atoms with Gasteiger partial charge in [-0.25, -0.2) is 14.6 Å². The number of ether oxygens (including phenoxy) is 1. The van der Waals surface area contributed by atoms with Crippen molar-refractivity contribution in [3.8, 4) is 17.3 Å². The van der Waals surface area contributed by atoms with Gasteiger partial charge >= 0.3 is 0 Å². The summed E-state index contributed by atoms with van der Waals surface area (Å²) < 4.78 is 8.57. The van der Waals surface area contributed by atoms with E-state index in [0.717, 1.165) is 10.2 Å². The van der Waals surface area contributed by atoms with Crippen LogP contribution in [0.1, 0.15) is 39.6 Å². The van der Waals surface area contributed by atoms with Crippen LogP contribution in [0.3, 0.4) is 0 Å². The Labute approximate surface area is 158 Å². The van der Waals surface area contributed by atoms with Crippen LogP contribution in [0.25, 0.3) is 17.3 Å². The van der Waals surface area contributed by atoms with E-state index in [2.05, 4.69) is 41.2 Å². The van der Waals surface area contributed by atoms with Crippen molar-refractivity contribution in [1.82, 2.24) is 29.9 Å². The van der Waals surface area contributed by atoms with Gasteiger partial charge in [-0.15, -0.1) is 5.10 Å². The molecule has 0 aliphatic rings. The average Bonchev–Trinajstić information content (AvgIpc) is 3.16. The van der Waals surface area contributed by atoms with E-state index in [1.165, 1.54) is 6.33 Å². The first kappa shape index (κ1) is 18.0. The molecule has 25 heavy (non-hydrogen) atoms. The Kier molecular flexibility index (Phi) is 4.95. The van der Waals surface area contributed by atoms with Crippen molar-refractivity contribution in [3.63, 3.8) is 0 Å². The molecule has 0 bridgehead atoms. The number of nitrogens with zero attached hydrogens (tertiary/aromatic N) is 5.